The van der Waals surface area contributed by atoms with Crippen LogP contribution in [0.1, 0.15) is 12.6 Å². The van der Waals surface area contributed by atoms with Gasteiger partial charge in [0.25, 0.3) is 0 Å². The Kier molecular flexibility index (Phi) is 3.36. The number of hydrogen-bond donors (Lipinski definition) is 0. The Hall–Kier alpha value is -1.27. The first-order valence-corrected chi connectivity index (χ1v) is 6.77. The highest BCUT2D eigenvalue weighted by Gasteiger charge is 2.39. The lowest BCUT2D eigenvalue weighted by Crippen LogP contribution is -2.48. The highest BCUT2D eigenvalue weighted by molar-refractivity contribution is 5.43. The van der Waals surface area contributed by atoms with E-state index in [0.717, 1.165) is 19.7 Å². The van der Waals surface area contributed by atoms with Crippen LogP contribution >= 0.6 is 0 Å². The smallest absolute Gasteiger partial charge is 0.187 e. The summed E-state index contributed by atoms with van der Waals surface area (Å²) >= 11 is 0. The predicted octanol–water partition coefficient (Wildman–Crippen LogP) is 0.697. The average molecular weight is 266 g/mol. The molecule has 6 heteroatoms. The number of ether oxygens (including phenoxy) is 1. The van der Waals surface area contributed by atoms with Crippen LogP contribution in [0.5, 0.6) is 0 Å². The number of morpholine rings is 1. The topological polar surface area (TPSA) is 41.5 Å². The van der Waals surface area contributed by atoms with Gasteiger partial charge in [0.2, 0.25) is 0 Å². The van der Waals surface area contributed by atoms with Crippen molar-refractivity contribution in [3.8, 4) is 0 Å². The molecule has 19 heavy (non-hydrogen) atoms. The monoisotopic (exact) mass is 266 g/mol. The number of fused-ring (bicyclic) bond motifs is 1. The summed E-state index contributed by atoms with van der Waals surface area (Å²) in [5.74, 6) is 0.129. The number of halogens is 1. The normalized spacial score (nSPS) is 27.6. The second kappa shape index (κ2) is 5.02. The summed E-state index contributed by atoms with van der Waals surface area (Å²) in [7, 11) is 2.09. The fourth-order valence-electron chi connectivity index (χ4n) is 2.89. The third kappa shape index (κ3) is 2.19. The van der Waals surface area contributed by atoms with Crippen molar-refractivity contribution in [3.63, 3.8) is 0 Å². The summed E-state index contributed by atoms with van der Waals surface area (Å²) in [4.78, 5) is 12.4. The van der Waals surface area contributed by atoms with Crippen LogP contribution in [-0.2, 0) is 11.2 Å². The fraction of sp³-hybridized carbons (Fsp3) is 0.692. The van der Waals surface area contributed by atoms with Crippen molar-refractivity contribution in [2.75, 3.05) is 38.2 Å². The number of nitrogens with zero attached hydrogens (tertiary/aromatic N) is 4. The van der Waals surface area contributed by atoms with E-state index in [0.29, 0.717) is 30.5 Å². The highest BCUT2D eigenvalue weighted by Crippen LogP contribution is 2.27. The zero-order valence-corrected chi connectivity index (χ0v) is 11.3. The minimum Gasteiger partial charge on any atom is -0.373 e. The largest absolute Gasteiger partial charge is 0.373 e. The maximum Gasteiger partial charge on any atom is 0.187 e. The van der Waals surface area contributed by atoms with E-state index < -0.39 is 0 Å². The molecule has 2 fully saturated rings. The van der Waals surface area contributed by atoms with Gasteiger partial charge in [-0.15, -0.1) is 0 Å². The van der Waals surface area contributed by atoms with Crippen LogP contribution in [0.4, 0.5) is 10.2 Å². The maximum absolute atomic E-state index is 14.3. The van der Waals surface area contributed by atoms with Crippen molar-refractivity contribution in [1.82, 2.24) is 14.9 Å². The summed E-state index contributed by atoms with van der Waals surface area (Å²) < 4.78 is 20.0. The Balaban J connectivity index is 1.84. The van der Waals surface area contributed by atoms with E-state index in [1.165, 1.54) is 6.33 Å². The lowest BCUT2D eigenvalue weighted by Gasteiger charge is -2.33. The van der Waals surface area contributed by atoms with E-state index in [1.54, 1.807) is 0 Å². The van der Waals surface area contributed by atoms with E-state index in [9.17, 15) is 4.39 Å². The molecule has 2 saturated heterocycles. The van der Waals surface area contributed by atoms with Gasteiger partial charge in [-0.2, -0.15) is 0 Å². The molecule has 5 nitrogen and oxygen atoms in total. The molecule has 0 amide bonds. The molecule has 0 aliphatic carbocycles. The van der Waals surface area contributed by atoms with Gasteiger partial charge in [-0.3, -0.25) is 4.90 Å². The minimum absolute atomic E-state index is 0.151. The molecule has 1 aromatic rings. The van der Waals surface area contributed by atoms with Gasteiger partial charge < -0.3 is 9.64 Å². The second-order valence-corrected chi connectivity index (χ2v) is 5.17. The van der Waals surface area contributed by atoms with Gasteiger partial charge in [0.15, 0.2) is 11.6 Å². The molecule has 1 aromatic heterocycles. The zero-order valence-electron chi connectivity index (χ0n) is 11.3. The molecule has 0 N–H and O–H groups in total. The van der Waals surface area contributed by atoms with Crippen molar-refractivity contribution in [2.24, 2.45) is 0 Å². The van der Waals surface area contributed by atoms with E-state index in [2.05, 4.69) is 21.9 Å². The minimum atomic E-state index is -0.286. The van der Waals surface area contributed by atoms with E-state index in [1.807, 2.05) is 11.8 Å². The van der Waals surface area contributed by atoms with Crippen molar-refractivity contribution >= 4 is 5.82 Å². The van der Waals surface area contributed by atoms with Crippen LogP contribution < -0.4 is 4.90 Å². The van der Waals surface area contributed by atoms with Crippen molar-refractivity contribution in [2.45, 2.75) is 25.5 Å². The molecule has 0 spiro atoms. The molecule has 3 heterocycles. The van der Waals surface area contributed by atoms with Crippen LogP contribution in [-0.4, -0.2) is 60.3 Å². The molecule has 104 valence electrons. The van der Waals surface area contributed by atoms with Crippen LogP contribution in [0.3, 0.4) is 0 Å². The Labute approximate surface area is 112 Å². The lowest BCUT2D eigenvalue weighted by atomic mass is 10.1. The fourth-order valence-corrected chi connectivity index (χ4v) is 2.89. The first-order valence-electron chi connectivity index (χ1n) is 6.77. The Morgan fingerprint density at radius 3 is 3.00 bits per heavy atom. The summed E-state index contributed by atoms with van der Waals surface area (Å²) in [6.45, 7) is 5.04. The number of aromatic nitrogens is 2. The van der Waals surface area contributed by atoms with Gasteiger partial charge in [-0.1, -0.05) is 6.92 Å². The highest BCUT2D eigenvalue weighted by atomic mass is 19.1. The number of hydrogen-bond acceptors (Lipinski definition) is 5. The van der Waals surface area contributed by atoms with Gasteiger partial charge >= 0.3 is 0 Å². The Morgan fingerprint density at radius 2 is 2.26 bits per heavy atom. The van der Waals surface area contributed by atoms with E-state index in [4.69, 9.17) is 4.74 Å². The van der Waals surface area contributed by atoms with E-state index >= 15 is 0 Å². The molecular weight excluding hydrogens is 247 g/mol. The molecule has 2 aliphatic heterocycles. The number of aryl methyl sites for hydroxylation is 1. The Morgan fingerprint density at radius 1 is 1.42 bits per heavy atom. The third-order valence-corrected chi connectivity index (χ3v) is 4.06. The molecule has 0 radical (unpaired) electrons. The van der Waals surface area contributed by atoms with Crippen LogP contribution in [0, 0.1) is 5.82 Å². The van der Waals surface area contributed by atoms with Gasteiger partial charge in [0.05, 0.1) is 24.4 Å². The van der Waals surface area contributed by atoms with Gasteiger partial charge in [-0.05, 0) is 13.5 Å². The summed E-state index contributed by atoms with van der Waals surface area (Å²) in [5.41, 5.74) is 0.481. The quantitative estimate of drug-likeness (QED) is 0.788. The molecule has 0 aromatic carbocycles. The number of rotatable bonds is 2. The summed E-state index contributed by atoms with van der Waals surface area (Å²) in [6.07, 6.45) is 2.18. The molecule has 0 saturated carbocycles. The summed E-state index contributed by atoms with van der Waals surface area (Å²) in [6, 6.07) is 0.327. The van der Waals surface area contributed by atoms with Crippen LogP contribution in [0.25, 0.3) is 0 Å². The molecule has 0 bridgehead atoms. The molecular formula is C13H19FN4O. The first-order chi connectivity index (χ1) is 9.20. The predicted molar refractivity (Wildman–Crippen MR) is 69.7 cm³/mol. The second-order valence-electron chi connectivity index (χ2n) is 5.17. The standard InChI is InChI=1S/C13H19FN4O/c1-3-9-12(14)13(16-8-15-9)18-6-10-11(7-18)19-5-4-17(10)2/h8,10-11H,3-7H2,1-2H3. The van der Waals surface area contributed by atoms with Crippen LogP contribution in [0.15, 0.2) is 6.33 Å². The molecule has 2 unspecified atom stereocenters. The first kappa shape index (κ1) is 12.7. The van der Waals surface area contributed by atoms with E-state index in [-0.39, 0.29) is 11.9 Å². The van der Waals surface area contributed by atoms with Crippen molar-refractivity contribution in [1.29, 1.82) is 0 Å². The SMILES string of the molecule is CCc1ncnc(N2CC3OCCN(C)C3C2)c1F. The van der Waals surface area contributed by atoms with Crippen LogP contribution in [0.2, 0.25) is 0 Å². The molecule has 2 aliphatic rings. The van der Waals surface area contributed by atoms with Gasteiger partial charge in [0.1, 0.15) is 6.33 Å². The zero-order chi connectivity index (χ0) is 13.4. The van der Waals surface area contributed by atoms with Gasteiger partial charge in [0, 0.05) is 19.6 Å². The van der Waals surface area contributed by atoms with Crippen molar-refractivity contribution < 1.29 is 9.13 Å². The maximum atomic E-state index is 14.3. The average Bonchev–Trinajstić information content (AvgIpc) is 2.84. The van der Waals surface area contributed by atoms with Gasteiger partial charge in [-0.25, -0.2) is 14.4 Å². The summed E-state index contributed by atoms with van der Waals surface area (Å²) in [5, 5.41) is 0. The van der Waals surface area contributed by atoms with Crippen molar-refractivity contribution in [3.05, 3.63) is 17.8 Å². The number of likely N-dealkylation sites (N-methyl/N-ethyl adjacent to an activating group) is 1. The molecule has 2 atom stereocenters. The number of anilines is 1. The Bertz CT molecular complexity index is 470. The lowest BCUT2D eigenvalue weighted by molar-refractivity contribution is -0.0362. The molecule has 3 rings (SSSR count). The third-order valence-electron chi connectivity index (χ3n) is 4.06.